The van der Waals surface area contributed by atoms with Gasteiger partial charge in [-0.3, -0.25) is 14.9 Å². The Bertz CT molecular complexity index is 1330. The van der Waals surface area contributed by atoms with Gasteiger partial charge in [0, 0.05) is 35.5 Å². The first kappa shape index (κ1) is 20.7. The van der Waals surface area contributed by atoms with E-state index in [1.54, 1.807) is 29.2 Å². The summed E-state index contributed by atoms with van der Waals surface area (Å²) in [5.74, 6) is -0.0276. The molecule has 4 aromatic rings. The van der Waals surface area contributed by atoms with Crippen molar-refractivity contribution >= 4 is 45.6 Å². The normalized spacial score (nSPS) is 14.3. The molecule has 166 valence electrons. The van der Waals surface area contributed by atoms with Crippen LogP contribution in [-0.2, 0) is 9.53 Å². The first-order valence-electron chi connectivity index (χ1n) is 10.2. The Kier molecular flexibility index (Phi) is 5.18. The van der Waals surface area contributed by atoms with E-state index in [1.807, 2.05) is 13.8 Å². The first-order valence-corrected chi connectivity index (χ1v) is 10.6. The Morgan fingerprint density at radius 3 is 2.91 bits per heavy atom. The van der Waals surface area contributed by atoms with Gasteiger partial charge in [-0.05, 0) is 13.8 Å². The molecule has 1 fully saturated rings. The Morgan fingerprint density at radius 2 is 2.19 bits per heavy atom. The summed E-state index contributed by atoms with van der Waals surface area (Å²) in [6.45, 7) is 5.04. The number of imidazole rings is 1. The fourth-order valence-corrected chi connectivity index (χ4v) is 4.03. The van der Waals surface area contributed by atoms with Gasteiger partial charge < -0.3 is 19.8 Å². The average Bonchev–Trinajstić information content (AvgIpc) is 3.34. The van der Waals surface area contributed by atoms with Gasteiger partial charge in [0.1, 0.15) is 0 Å². The van der Waals surface area contributed by atoms with E-state index in [-0.39, 0.29) is 28.6 Å². The summed E-state index contributed by atoms with van der Waals surface area (Å²) in [5.41, 5.74) is 2.19. The fraction of sp³-hybridized carbons (Fsp3) is 0.333. The number of carbonyl (C=O) groups is 1. The van der Waals surface area contributed by atoms with Gasteiger partial charge in [0.15, 0.2) is 17.3 Å². The zero-order valence-electron chi connectivity index (χ0n) is 17.4. The van der Waals surface area contributed by atoms with Crippen LogP contribution in [0.4, 0.5) is 15.9 Å². The number of aromatic amines is 1. The highest BCUT2D eigenvalue weighted by Crippen LogP contribution is 2.40. The maximum Gasteiger partial charge on any atom is 0.226 e. The van der Waals surface area contributed by atoms with Crippen molar-refractivity contribution in [3.63, 3.8) is 0 Å². The Hall–Kier alpha value is -3.24. The smallest absolute Gasteiger partial charge is 0.226 e. The monoisotopic (exact) mass is 457 g/mol. The number of ether oxygens (including phenoxy) is 1. The molecule has 1 amide bonds. The number of hydrogen-bond acceptors (Lipinski definition) is 6. The van der Waals surface area contributed by atoms with Crippen molar-refractivity contribution < 1.29 is 13.9 Å². The van der Waals surface area contributed by atoms with Crippen LogP contribution in [0.1, 0.15) is 20.3 Å². The second kappa shape index (κ2) is 8.03. The highest BCUT2D eigenvalue weighted by Gasteiger charge is 2.24. The Labute approximate surface area is 187 Å². The number of amides is 1. The summed E-state index contributed by atoms with van der Waals surface area (Å²) >= 11 is 6.46. The van der Waals surface area contributed by atoms with Gasteiger partial charge >= 0.3 is 0 Å². The minimum Gasteiger partial charge on any atom is -0.381 e. The molecule has 0 saturated carbocycles. The molecule has 0 bridgehead atoms. The van der Waals surface area contributed by atoms with Crippen LogP contribution in [-0.4, -0.2) is 49.7 Å². The Morgan fingerprint density at radius 1 is 1.38 bits per heavy atom. The topological polar surface area (TPSA) is 109 Å². The number of benzene rings is 1. The molecule has 1 saturated heterocycles. The van der Waals surface area contributed by atoms with Crippen LogP contribution in [0.15, 0.2) is 24.8 Å². The number of halogens is 2. The largest absolute Gasteiger partial charge is 0.381 e. The number of carbonyl (C=O) groups excluding carboxylic acids is 1. The number of nitrogens with one attached hydrogen (secondary N) is 3. The van der Waals surface area contributed by atoms with E-state index in [4.69, 9.17) is 16.3 Å². The summed E-state index contributed by atoms with van der Waals surface area (Å²) in [6.07, 6.45) is 6.91. The van der Waals surface area contributed by atoms with Gasteiger partial charge in [-0.1, -0.05) is 11.6 Å². The third kappa shape index (κ3) is 3.65. The zero-order chi connectivity index (χ0) is 22.4. The van der Waals surface area contributed by atoms with Crippen molar-refractivity contribution in [3.05, 3.63) is 35.6 Å². The summed E-state index contributed by atoms with van der Waals surface area (Å²) < 4.78 is 22.0. The van der Waals surface area contributed by atoms with Crippen LogP contribution in [0.5, 0.6) is 0 Å². The molecule has 1 aliphatic heterocycles. The molecule has 0 unspecified atom stereocenters. The van der Waals surface area contributed by atoms with Crippen molar-refractivity contribution in [2.24, 2.45) is 5.92 Å². The molecular formula is C21H21ClFN7O2. The predicted octanol–water partition coefficient (Wildman–Crippen LogP) is 3.86. The quantitative estimate of drug-likeness (QED) is 0.405. The minimum atomic E-state index is -0.576. The van der Waals surface area contributed by atoms with E-state index in [0.717, 1.165) is 0 Å². The third-order valence-electron chi connectivity index (χ3n) is 5.27. The van der Waals surface area contributed by atoms with E-state index in [2.05, 4.69) is 30.8 Å². The average molecular weight is 458 g/mol. The lowest BCUT2D eigenvalue weighted by molar-refractivity contribution is -0.121. The molecule has 1 aliphatic rings. The second-order valence-electron chi connectivity index (χ2n) is 8.16. The van der Waals surface area contributed by atoms with Crippen molar-refractivity contribution in [2.45, 2.75) is 26.3 Å². The van der Waals surface area contributed by atoms with Crippen molar-refractivity contribution in [2.75, 3.05) is 23.8 Å². The standard InChI is InChI=1S/C21H21ClFN7O2/c1-10(2)26-21-19(23)18(22)17(12-4-25-29-20(12)21)13-6-30-7-14(27-15(30)5-24-13)28-16(31)3-11-8-32-9-11/h4-7,10-11,26H,3,8-9H2,1-2H3,(H,25,29)(H,28,31). The second-order valence-corrected chi connectivity index (χ2v) is 8.53. The summed E-state index contributed by atoms with van der Waals surface area (Å²) in [4.78, 5) is 21.0. The van der Waals surface area contributed by atoms with E-state index >= 15 is 4.39 Å². The van der Waals surface area contributed by atoms with E-state index in [9.17, 15) is 4.79 Å². The minimum absolute atomic E-state index is 0.00351. The molecule has 5 rings (SSSR count). The van der Waals surface area contributed by atoms with Crippen LogP contribution < -0.4 is 10.6 Å². The molecular weight excluding hydrogens is 437 g/mol. The molecule has 0 atom stereocenters. The maximum absolute atomic E-state index is 15.2. The van der Waals surface area contributed by atoms with Crippen molar-refractivity contribution in [1.29, 1.82) is 0 Å². The van der Waals surface area contributed by atoms with E-state index in [0.29, 0.717) is 53.3 Å². The molecule has 11 heteroatoms. The number of nitrogens with zero attached hydrogens (tertiary/aromatic N) is 4. The zero-order valence-corrected chi connectivity index (χ0v) is 18.2. The van der Waals surface area contributed by atoms with Gasteiger partial charge in [-0.2, -0.15) is 5.10 Å². The molecule has 32 heavy (non-hydrogen) atoms. The highest BCUT2D eigenvalue weighted by atomic mass is 35.5. The van der Waals surface area contributed by atoms with E-state index in [1.165, 1.54) is 0 Å². The maximum atomic E-state index is 15.2. The summed E-state index contributed by atoms with van der Waals surface area (Å²) in [5, 5.41) is 13.4. The lowest BCUT2D eigenvalue weighted by Gasteiger charge is -2.24. The number of hydrogen-bond donors (Lipinski definition) is 3. The summed E-state index contributed by atoms with van der Waals surface area (Å²) in [7, 11) is 0. The van der Waals surface area contributed by atoms with Crippen molar-refractivity contribution in [1.82, 2.24) is 24.6 Å². The number of rotatable bonds is 6. The third-order valence-corrected chi connectivity index (χ3v) is 5.62. The molecule has 0 spiro atoms. The van der Waals surface area contributed by atoms with Gasteiger partial charge in [-0.15, -0.1) is 0 Å². The predicted molar refractivity (Wildman–Crippen MR) is 119 cm³/mol. The number of aromatic nitrogens is 5. The van der Waals surface area contributed by atoms with Gasteiger partial charge in [-0.25, -0.2) is 9.37 Å². The van der Waals surface area contributed by atoms with Gasteiger partial charge in [0.05, 0.1) is 53.7 Å². The molecule has 0 radical (unpaired) electrons. The fourth-order valence-electron chi connectivity index (χ4n) is 3.74. The number of H-pyrrole nitrogens is 1. The SMILES string of the molecule is CC(C)Nc1c(F)c(Cl)c(-c2cn3cc(NC(=O)CC4COC4)nc3cn2)c2cn[nH]c12. The van der Waals surface area contributed by atoms with Crippen LogP contribution in [0.3, 0.4) is 0 Å². The number of anilines is 2. The van der Waals surface area contributed by atoms with Crippen LogP contribution in [0.25, 0.3) is 27.8 Å². The van der Waals surface area contributed by atoms with Gasteiger partial charge in [0.25, 0.3) is 0 Å². The van der Waals surface area contributed by atoms with Crippen LogP contribution in [0.2, 0.25) is 5.02 Å². The molecule has 0 aliphatic carbocycles. The molecule has 4 heterocycles. The Balaban J connectivity index is 1.51. The molecule has 3 aromatic heterocycles. The van der Waals surface area contributed by atoms with Crippen molar-refractivity contribution in [3.8, 4) is 11.3 Å². The van der Waals surface area contributed by atoms with Gasteiger partial charge in [0.2, 0.25) is 5.91 Å². The number of fused-ring (bicyclic) bond motifs is 2. The lowest BCUT2D eigenvalue weighted by Crippen LogP contribution is -2.31. The lowest BCUT2D eigenvalue weighted by atomic mass is 10.0. The van der Waals surface area contributed by atoms with Crippen LogP contribution >= 0.6 is 11.6 Å². The van der Waals surface area contributed by atoms with E-state index < -0.39 is 5.82 Å². The molecule has 3 N–H and O–H groups in total. The molecule has 9 nitrogen and oxygen atoms in total. The van der Waals surface area contributed by atoms with Crippen LogP contribution in [0, 0.1) is 11.7 Å². The molecule has 1 aromatic carbocycles. The summed E-state index contributed by atoms with van der Waals surface area (Å²) in [6, 6.07) is 0.00351. The highest BCUT2D eigenvalue weighted by molar-refractivity contribution is 6.35. The first-order chi connectivity index (χ1) is 15.4.